The maximum atomic E-state index is 9.70. The lowest BCUT2D eigenvalue weighted by Gasteiger charge is -2.17. The van der Waals surface area contributed by atoms with E-state index in [1.807, 2.05) is 0 Å². The minimum absolute atomic E-state index is 0.176. The molecule has 0 aromatic rings. The number of aliphatic hydroxyl groups excluding tert-OH is 2. The highest BCUT2D eigenvalue weighted by Gasteiger charge is 2.54. The zero-order chi connectivity index (χ0) is 8.29. The van der Waals surface area contributed by atoms with E-state index in [0.29, 0.717) is 17.8 Å². The predicted molar refractivity (Wildman–Crippen MR) is 44.3 cm³/mol. The number of aliphatic hydroxyl groups is 2. The Bertz CT molecular complexity index is 214. The maximum Gasteiger partial charge on any atom is 0.0601 e. The minimum Gasteiger partial charge on any atom is -0.393 e. The molecular formula is C10H14O2. The van der Waals surface area contributed by atoms with Crippen molar-refractivity contribution in [1.29, 1.82) is 0 Å². The van der Waals surface area contributed by atoms with E-state index in [1.54, 1.807) is 0 Å². The van der Waals surface area contributed by atoms with Gasteiger partial charge in [0.1, 0.15) is 0 Å². The van der Waals surface area contributed by atoms with Crippen LogP contribution < -0.4 is 0 Å². The summed E-state index contributed by atoms with van der Waals surface area (Å²) in [4.78, 5) is 0. The molecule has 3 rings (SSSR count). The van der Waals surface area contributed by atoms with Crippen molar-refractivity contribution in [3.63, 3.8) is 0 Å². The van der Waals surface area contributed by atoms with E-state index < -0.39 is 0 Å². The highest BCUT2D eigenvalue weighted by molar-refractivity contribution is 5.18. The summed E-state index contributed by atoms with van der Waals surface area (Å²) >= 11 is 0. The normalized spacial score (nSPS) is 61.2. The van der Waals surface area contributed by atoms with Gasteiger partial charge in [-0.2, -0.15) is 0 Å². The zero-order valence-corrected chi connectivity index (χ0v) is 6.93. The molecule has 4 atom stereocenters. The lowest BCUT2D eigenvalue weighted by molar-refractivity contribution is 0.0401. The molecule has 0 bridgehead atoms. The molecular weight excluding hydrogens is 152 g/mol. The first-order valence-electron chi connectivity index (χ1n) is 4.82. The quantitative estimate of drug-likeness (QED) is 0.516. The molecule has 3 aliphatic rings. The molecule has 0 aromatic heterocycles. The van der Waals surface area contributed by atoms with E-state index in [9.17, 15) is 10.2 Å². The Labute approximate surface area is 71.9 Å². The number of hydrogen-bond donors (Lipinski definition) is 2. The van der Waals surface area contributed by atoms with E-state index in [2.05, 4.69) is 12.2 Å². The second-order valence-corrected chi connectivity index (χ2v) is 4.47. The van der Waals surface area contributed by atoms with Crippen molar-refractivity contribution >= 4 is 0 Å². The fraction of sp³-hybridized carbons (Fsp3) is 0.800. The molecule has 3 aliphatic carbocycles. The van der Waals surface area contributed by atoms with Crippen molar-refractivity contribution < 1.29 is 10.2 Å². The molecule has 0 spiro atoms. The van der Waals surface area contributed by atoms with Crippen molar-refractivity contribution in [3.05, 3.63) is 12.2 Å². The summed E-state index contributed by atoms with van der Waals surface area (Å²) in [6.07, 6.45) is 5.74. The van der Waals surface area contributed by atoms with E-state index >= 15 is 0 Å². The van der Waals surface area contributed by atoms with Gasteiger partial charge in [-0.05, 0) is 30.6 Å². The van der Waals surface area contributed by atoms with E-state index in [0.717, 1.165) is 12.8 Å². The SMILES string of the molecule is O[C@@H]1C[C@H]2C=C[C@@H]3C[C@@H](O)C1C23. The fourth-order valence-corrected chi connectivity index (χ4v) is 3.54. The van der Waals surface area contributed by atoms with Crippen molar-refractivity contribution in [2.45, 2.75) is 25.0 Å². The molecule has 0 saturated heterocycles. The Morgan fingerprint density at radius 1 is 0.833 bits per heavy atom. The van der Waals surface area contributed by atoms with Gasteiger partial charge >= 0.3 is 0 Å². The smallest absolute Gasteiger partial charge is 0.0601 e. The Kier molecular flexibility index (Phi) is 1.25. The van der Waals surface area contributed by atoms with Crippen LogP contribution in [0.5, 0.6) is 0 Å². The van der Waals surface area contributed by atoms with Crippen LogP contribution >= 0.6 is 0 Å². The van der Waals surface area contributed by atoms with Crippen LogP contribution in [0.4, 0.5) is 0 Å². The summed E-state index contributed by atoms with van der Waals surface area (Å²) in [6, 6.07) is 0. The average molecular weight is 166 g/mol. The van der Waals surface area contributed by atoms with Gasteiger partial charge in [-0.15, -0.1) is 0 Å². The van der Waals surface area contributed by atoms with Gasteiger partial charge in [-0.25, -0.2) is 0 Å². The van der Waals surface area contributed by atoms with E-state index in [-0.39, 0.29) is 18.1 Å². The van der Waals surface area contributed by atoms with Crippen molar-refractivity contribution in [3.8, 4) is 0 Å². The topological polar surface area (TPSA) is 40.5 Å². The van der Waals surface area contributed by atoms with Crippen LogP contribution in [0.3, 0.4) is 0 Å². The molecule has 0 aromatic carbocycles. The van der Waals surface area contributed by atoms with Gasteiger partial charge in [-0.1, -0.05) is 12.2 Å². The number of allylic oxidation sites excluding steroid dienone is 2. The maximum absolute atomic E-state index is 9.70. The van der Waals surface area contributed by atoms with Crippen LogP contribution in [0.2, 0.25) is 0 Å². The second kappa shape index (κ2) is 2.12. The Morgan fingerprint density at radius 2 is 1.33 bits per heavy atom. The zero-order valence-electron chi connectivity index (χ0n) is 6.93. The summed E-state index contributed by atoms with van der Waals surface area (Å²) in [6.45, 7) is 0. The Hall–Kier alpha value is -0.340. The highest BCUT2D eigenvalue weighted by Crippen LogP contribution is 2.55. The lowest BCUT2D eigenvalue weighted by atomic mass is 9.91. The average Bonchev–Trinajstić information content (AvgIpc) is 2.57. The van der Waals surface area contributed by atoms with Gasteiger partial charge < -0.3 is 10.2 Å². The summed E-state index contributed by atoms with van der Waals surface area (Å²) < 4.78 is 0. The third-order valence-electron chi connectivity index (χ3n) is 3.95. The molecule has 2 N–H and O–H groups in total. The van der Waals surface area contributed by atoms with Crippen LogP contribution in [-0.2, 0) is 0 Å². The first kappa shape index (κ1) is 7.10. The van der Waals surface area contributed by atoms with E-state index in [4.69, 9.17) is 0 Å². The van der Waals surface area contributed by atoms with Gasteiger partial charge in [0.05, 0.1) is 12.2 Å². The number of hydrogen-bond acceptors (Lipinski definition) is 2. The van der Waals surface area contributed by atoms with E-state index in [1.165, 1.54) is 0 Å². The van der Waals surface area contributed by atoms with Crippen LogP contribution in [0, 0.1) is 23.7 Å². The van der Waals surface area contributed by atoms with Crippen LogP contribution in [0.25, 0.3) is 0 Å². The number of rotatable bonds is 0. The van der Waals surface area contributed by atoms with Gasteiger partial charge in [0.25, 0.3) is 0 Å². The summed E-state index contributed by atoms with van der Waals surface area (Å²) in [7, 11) is 0. The van der Waals surface area contributed by atoms with Crippen molar-refractivity contribution in [2.75, 3.05) is 0 Å². The molecule has 0 aliphatic heterocycles. The van der Waals surface area contributed by atoms with Gasteiger partial charge in [0.15, 0.2) is 0 Å². The standard InChI is InChI=1S/C10H14O2/c11-7-3-5-1-2-6-4-8(12)10(7)9(5)6/h1-2,5-12H,3-4H2/t5-,6-,7-,8-,9?,10?/m1/s1. The lowest BCUT2D eigenvalue weighted by Crippen LogP contribution is -2.25. The molecule has 2 nitrogen and oxygen atoms in total. The second-order valence-electron chi connectivity index (χ2n) is 4.47. The third kappa shape index (κ3) is 0.679. The largest absolute Gasteiger partial charge is 0.393 e. The van der Waals surface area contributed by atoms with Crippen LogP contribution in [0.15, 0.2) is 12.2 Å². The third-order valence-corrected chi connectivity index (χ3v) is 3.95. The summed E-state index contributed by atoms with van der Waals surface area (Å²) in [5.41, 5.74) is 0. The van der Waals surface area contributed by atoms with Gasteiger partial charge in [0.2, 0.25) is 0 Å². The van der Waals surface area contributed by atoms with Crippen LogP contribution in [0.1, 0.15) is 12.8 Å². The van der Waals surface area contributed by atoms with Crippen molar-refractivity contribution in [2.24, 2.45) is 23.7 Å². The Morgan fingerprint density at radius 3 is 1.83 bits per heavy atom. The first-order chi connectivity index (χ1) is 5.77. The minimum atomic E-state index is -0.245. The molecule has 0 unspecified atom stereocenters. The molecule has 0 amide bonds. The molecule has 66 valence electrons. The van der Waals surface area contributed by atoms with Gasteiger partial charge in [-0.3, -0.25) is 0 Å². The van der Waals surface area contributed by atoms with Crippen molar-refractivity contribution in [1.82, 2.24) is 0 Å². The molecule has 0 radical (unpaired) electrons. The monoisotopic (exact) mass is 166 g/mol. The van der Waals surface area contributed by atoms with Crippen LogP contribution in [-0.4, -0.2) is 22.4 Å². The fourth-order valence-electron chi connectivity index (χ4n) is 3.54. The highest BCUT2D eigenvalue weighted by atomic mass is 16.3. The summed E-state index contributed by atoms with van der Waals surface area (Å²) in [5.74, 6) is 1.87. The van der Waals surface area contributed by atoms with Gasteiger partial charge in [0, 0.05) is 5.92 Å². The first-order valence-corrected chi connectivity index (χ1v) is 4.82. The predicted octanol–water partition coefficient (Wildman–Crippen LogP) is 0.550. The summed E-state index contributed by atoms with van der Waals surface area (Å²) in [5, 5.41) is 19.4. The Balaban J connectivity index is 1.99. The molecule has 2 heteroatoms. The molecule has 0 heterocycles. The molecule has 2 fully saturated rings. The molecule has 2 saturated carbocycles. The molecule has 12 heavy (non-hydrogen) atoms.